The van der Waals surface area contributed by atoms with Crippen molar-refractivity contribution in [2.45, 2.75) is 25.8 Å². The lowest BCUT2D eigenvalue weighted by atomic mass is 9.92. The van der Waals surface area contributed by atoms with Crippen molar-refractivity contribution >= 4 is 27.5 Å². The summed E-state index contributed by atoms with van der Waals surface area (Å²) in [5.74, 6) is 0.543. The highest BCUT2D eigenvalue weighted by atomic mass is 79.9. The van der Waals surface area contributed by atoms with E-state index in [0.717, 1.165) is 42.1 Å². The van der Waals surface area contributed by atoms with Gasteiger partial charge in [0.2, 0.25) is 0 Å². The van der Waals surface area contributed by atoms with Crippen molar-refractivity contribution in [1.82, 2.24) is 5.32 Å². The molecule has 1 N–H and O–H groups in total. The highest BCUT2D eigenvalue weighted by Crippen LogP contribution is 2.32. The van der Waals surface area contributed by atoms with Gasteiger partial charge in [-0.05, 0) is 43.1 Å². The summed E-state index contributed by atoms with van der Waals surface area (Å²) in [5.41, 5.74) is 1.25. The second-order valence-electron chi connectivity index (χ2n) is 4.76. The van der Waals surface area contributed by atoms with E-state index in [0.29, 0.717) is 12.0 Å². The zero-order chi connectivity index (χ0) is 13.0. The Morgan fingerprint density at radius 1 is 1.50 bits per heavy atom. The van der Waals surface area contributed by atoms with Crippen LogP contribution in [0.4, 0.5) is 0 Å². The third-order valence-corrected chi connectivity index (χ3v) is 3.97. The monoisotopic (exact) mass is 331 g/mol. The first kappa shape index (κ1) is 14.3. The molecule has 4 heteroatoms. The molecule has 0 spiro atoms. The maximum Gasteiger partial charge on any atom is 0.0513 e. The van der Waals surface area contributed by atoms with E-state index in [9.17, 15) is 0 Å². The average Bonchev–Trinajstić information content (AvgIpc) is 2.82. The first-order valence-corrected chi connectivity index (χ1v) is 7.65. The zero-order valence-electron chi connectivity index (χ0n) is 10.6. The molecular weight excluding hydrogens is 314 g/mol. The van der Waals surface area contributed by atoms with Gasteiger partial charge in [0.25, 0.3) is 0 Å². The molecule has 0 radical (unpaired) electrons. The number of halogens is 2. The molecule has 1 aliphatic heterocycles. The molecule has 0 bridgehead atoms. The molecule has 1 aromatic carbocycles. The largest absolute Gasteiger partial charge is 0.381 e. The van der Waals surface area contributed by atoms with E-state index >= 15 is 0 Å². The summed E-state index contributed by atoms with van der Waals surface area (Å²) in [7, 11) is 0. The molecule has 1 fully saturated rings. The molecule has 0 aliphatic carbocycles. The van der Waals surface area contributed by atoms with Gasteiger partial charge in [-0.3, -0.25) is 0 Å². The molecule has 100 valence electrons. The van der Waals surface area contributed by atoms with Crippen LogP contribution in [0.5, 0.6) is 0 Å². The van der Waals surface area contributed by atoms with Crippen LogP contribution in [-0.4, -0.2) is 19.8 Å². The van der Waals surface area contributed by atoms with E-state index in [1.807, 2.05) is 6.07 Å². The summed E-state index contributed by atoms with van der Waals surface area (Å²) in [5, 5.41) is 4.40. The third-order valence-electron chi connectivity index (χ3n) is 3.29. The van der Waals surface area contributed by atoms with Gasteiger partial charge in [-0.1, -0.05) is 34.5 Å². The standard InChI is InChI=1S/C14H19BrClNO/c1-2-4-17-14(10-3-5-18-9-10)11-6-12(15)8-13(16)7-11/h6-8,10,14,17H,2-5,9H2,1H3. The summed E-state index contributed by atoms with van der Waals surface area (Å²) in [6.45, 7) is 4.91. The van der Waals surface area contributed by atoms with E-state index in [-0.39, 0.29) is 0 Å². The van der Waals surface area contributed by atoms with E-state index in [1.54, 1.807) is 0 Å². The van der Waals surface area contributed by atoms with Gasteiger partial charge < -0.3 is 10.1 Å². The fourth-order valence-corrected chi connectivity index (χ4v) is 3.31. The Morgan fingerprint density at radius 2 is 2.33 bits per heavy atom. The van der Waals surface area contributed by atoms with Crippen molar-refractivity contribution in [3.63, 3.8) is 0 Å². The molecule has 1 saturated heterocycles. The lowest BCUT2D eigenvalue weighted by Crippen LogP contribution is -2.29. The minimum absolute atomic E-state index is 0.336. The second kappa shape index (κ2) is 6.90. The van der Waals surface area contributed by atoms with Crippen LogP contribution in [0.15, 0.2) is 22.7 Å². The molecule has 1 aliphatic rings. The Bertz CT molecular complexity index is 373. The molecule has 0 saturated carbocycles. The van der Waals surface area contributed by atoms with E-state index in [2.05, 4.69) is 40.3 Å². The van der Waals surface area contributed by atoms with Crippen LogP contribution in [0.25, 0.3) is 0 Å². The summed E-state index contributed by atoms with van der Waals surface area (Å²) in [4.78, 5) is 0. The quantitative estimate of drug-likeness (QED) is 0.873. The molecule has 2 nitrogen and oxygen atoms in total. The Kier molecular flexibility index (Phi) is 5.49. The molecule has 0 amide bonds. The molecule has 1 aromatic rings. The van der Waals surface area contributed by atoms with Crippen molar-refractivity contribution in [2.24, 2.45) is 5.92 Å². The summed E-state index contributed by atoms with van der Waals surface area (Å²) in [6.07, 6.45) is 2.25. The van der Waals surface area contributed by atoms with Gasteiger partial charge in [0.15, 0.2) is 0 Å². The van der Waals surface area contributed by atoms with Crippen LogP contribution in [0.1, 0.15) is 31.4 Å². The number of rotatable bonds is 5. The van der Waals surface area contributed by atoms with Crippen LogP contribution in [0, 0.1) is 5.92 Å². The molecular formula is C14H19BrClNO. The summed E-state index contributed by atoms with van der Waals surface area (Å²) >= 11 is 9.66. The molecule has 1 heterocycles. The molecule has 2 unspecified atom stereocenters. The van der Waals surface area contributed by atoms with Crippen LogP contribution < -0.4 is 5.32 Å². The van der Waals surface area contributed by atoms with E-state index in [1.165, 1.54) is 5.56 Å². The van der Waals surface area contributed by atoms with Gasteiger partial charge in [0.05, 0.1) is 6.61 Å². The van der Waals surface area contributed by atoms with Crippen molar-refractivity contribution in [1.29, 1.82) is 0 Å². The topological polar surface area (TPSA) is 21.3 Å². The second-order valence-corrected chi connectivity index (χ2v) is 6.11. The number of nitrogens with one attached hydrogen (secondary N) is 1. The number of benzene rings is 1. The fourth-order valence-electron chi connectivity index (χ4n) is 2.43. The lowest BCUT2D eigenvalue weighted by molar-refractivity contribution is 0.176. The van der Waals surface area contributed by atoms with Crippen molar-refractivity contribution < 1.29 is 4.74 Å². The Hall–Kier alpha value is -0.0900. The van der Waals surface area contributed by atoms with Gasteiger partial charge in [-0.25, -0.2) is 0 Å². The molecule has 2 atom stereocenters. The van der Waals surface area contributed by atoms with Crippen LogP contribution in [0.2, 0.25) is 5.02 Å². The average molecular weight is 333 g/mol. The fraction of sp³-hybridized carbons (Fsp3) is 0.571. The van der Waals surface area contributed by atoms with Gasteiger partial charge >= 0.3 is 0 Å². The lowest BCUT2D eigenvalue weighted by Gasteiger charge is -2.24. The SMILES string of the molecule is CCCNC(c1cc(Cl)cc(Br)c1)C1CCOC1. The Morgan fingerprint density at radius 3 is 2.94 bits per heavy atom. The molecule has 0 aromatic heterocycles. The highest BCUT2D eigenvalue weighted by Gasteiger charge is 2.26. The predicted molar refractivity (Wildman–Crippen MR) is 79.1 cm³/mol. The minimum Gasteiger partial charge on any atom is -0.381 e. The summed E-state index contributed by atoms with van der Waals surface area (Å²) in [6, 6.07) is 6.46. The van der Waals surface area contributed by atoms with Crippen LogP contribution in [-0.2, 0) is 4.74 Å². The highest BCUT2D eigenvalue weighted by molar-refractivity contribution is 9.10. The van der Waals surface area contributed by atoms with Crippen molar-refractivity contribution in [2.75, 3.05) is 19.8 Å². The van der Waals surface area contributed by atoms with Gasteiger partial charge in [0.1, 0.15) is 0 Å². The maximum atomic E-state index is 6.15. The number of hydrogen-bond donors (Lipinski definition) is 1. The van der Waals surface area contributed by atoms with E-state index < -0.39 is 0 Å². The zero-order valence-corrected chi connectivity index (χ0v) is 12.9. The Balaban J connectivity index is 2.20. The molecule has 2 rings (SSSR count). The van der Waals surface area contributed by atoms with Gasteiger partial charge in [-0.15, -0.1) is 0 Å². The predicted octanol–water partition coefficient (Wildman–Crippen LogP) is 4.18. The van der Waals surface area contributed by atoms with Crippen molar-refractivity contribution in [3.8, 4) is 0 Å². The number of hydrogen-bond acceptors (Lipinski definition) is 2. The normalized spacial score (nSPS) is 21.2. The third kappa shape index (κ3) is 3.70. The number of ether oxygens (including phenoxy) is 1. The van der Waals surface area contributed by atoms with Crippen molar-refractivity contribution in [3.05, 3.63) is 33.3 Å². The van der Waals surface area contributed by atoms with Crippen LogP contribution >= 0.6 is 27.5 Å². The van der Waals surface area contributed by atoms with E-state index in [4.69, 9.17) is 16.3 Å². The minimum atomic E-state index is 0.336. The first-order valence-electron chi connectivity index (χ1n) is 6.48. The Labute approximate surface area is 122 Å². The van der Waals surface area contributed by atoms with Gasteiger partial charge in [-0.2, -0.15) is 0 Å². The van der Waals surface area contributed by atoms with Gasteiger partial charge in [0, 0.05) is 28.1 Å². The first-order chi connectivity index (χ1) is 8.70. The smallest absolute Gasteiger partial charge is 0.0513 e. The molecule has 18 heavy (non-hydrogen) atoms. The van der Waals surface area contributed by atoms with Crippen LogP contribution in [0.3, 0.4) is 0 Å². The summed E-state index contributed by atoms with van der Waals surface area (Å²) < 4.78 is 6.55. The maximum absolute atomic E-state index is 6.15.